The van der Waals surface area contributed by atoms with Crippen LogP contribution in [0.4, 0.5) is 26.1 Å². The van der Waals surface area contributed by atoms with Crippen LogP contribution in [0.3, 0.4) is 0 Å². The van der Waals surface area contributed by atoms with Gasteiger partial charge in [0.2, 0.25) is 10.0 Å². The fourth-order valence-corrected chi connectivity index (χ4v) is 4.61. The zero-order valence-corrected chi connectivity index (χ0v) is 22.9. The molecule has 3 aromatic heterocycles. The Labute approximate surface area is 229 Å². The highest BCUT2D eigenvalue weighted by molar-refractivity contribution is 7.92. The molecule has 0 saturated heterocycles. The second-order valence-electron chi connectivity index (χ2n) is 8.00. The van der Waals surface area contributed by atoms with E-state index in [4.69, 9.17) is 27.8 Å². The lowest BCUT2D eigenvalue weighted by molar-refractivity contribution is 0.162. The maximum atomic E-state index is 15.1. The molecule has 10 nitrogen and oxygen atoms in total. The first kappa shape index (κ1) is 29.9. The van der Waals surface area contributed by atoms with Gasteiger partial charge in [-0.25, -0.2) is 32.7 Å². The van der Waals surface area contributed by atoms with E-state index >= 15 is 4.39 Å². The molecule has 0 unspecified atom stereocenters. The zero-order valence-electron chi connectivity index (χ0n) is 21.3. The largest absolute Gasteiger partial charge is 0.382 e. The average Bonchev–Trinajstić information content (AvgIpc) is 2.91. The molecule has 208 valence electrons. The van der Waals surface area contributed by atoms with E-state index in [0.29, 0.717) is 11.1 Å². The Morgan fingerprint density at radius 3 is 2.44 bits per heavy atom. The molecule has 0 atom stereocenters. The molecule has 0 bridgehead atoms. The molecule has 5 N–H and O–H groups in total. The minimum atomic E-state index is -3.91. The Morgan fingerprint density at radius 1 is 1.05 bits per heavy atom. The van der Waals surface area contributed by atoms with Crippen LogP contribution in [-0.4, -0.2) is 54.0 Å². The third-order valence-electron chi connectivity index (χ3n) is 5.19. The van der Waals surface area contributed by atoms with Crippen molar-refractivity contribution >= 4 is 50.0 Å². The number of benzene rings is 1. The number of fused-ring (bicyclic) bond motifs is 1. The van der Waals surface area contributed by atoms with E-state index in [-0.39, 0.29) is 51.4 Å². The van der Waals surface area contributed by atoms with Crippen molar-refractivity contribution in [1.82, 2.24) is 19.9 Å². The molecule has 4 aromatic rings. The van der Waals surface area contributed by atoms with E-state index in [0.717, 1.165) is 13.2 Å². The number of sulfonamides is 1. The van der Waals surface area contributed by atoms with E-state index in [9.17, 15) is 12.8 Å². The number of nitrogens with zero attached hydrogens (tertiary/aromatic N) is 4. The van der Waals surface area contributed by atoms with Crippen LogP contribution in [0.1, 0.15) is 20.3 Å². The molecule has 0 saturated carbocycles. The number of rotatable bonds is 9. The molecular formula is C25H28ClF2N7O3S. The number of anilines is 3. The van der Waals surface area contributed by atoms with Crippen molar-refractivity contribution in [2.24, 2.45) is 0 Å². The highest BCUT2D eigenvalue weighted by Crippen LogP contribution is 2.30. The number of nitrogen functional groups attached to an aromatic ring is 2. The third kappa shape index (κ3) is 7.68. The maximum absolute atomic E-state index is 15.1. The van der Waals surface area contributed by atoms with Gasteiger partial charge in [-0.3, -0.25) is 9.11 Å². The number of nitrogens with one attached hydrogen (secondary N) is 1. The number of ether oxygens (including phenoxy) is 1. The number of hydrogen-bond acceptors (Lipinski definition) is 9. The van der Waals surface area contributed by atoms with Crippen molar-refractivity contribution in [3.63, 3.8) is 0 Å². The van der Waals surface area contributed by atoms with E-state index < -0.39 is 28.3 Å². The Morgan fingerprint density at radius 2 is 1.79 bits per heavy atom. The van der Waals surface area contributed by atoms with Crippen molar-refractivity contribution in [3.8, 4) is 22.6 Å². The number of nitrogens with two attached hydrogens (primary N) is 2. The SMILES string of the molecule is CCOCC.Nc1ncc(-c2nc(N)c3nc(-c4cccc(NS(=O)(=O)CCCF)c4F)ccc3n2)cc1Cl. The molecule has 3 heterocycles. The molecule has 0 aliphatic rings. The predicted octanol–water partition coefficient (Wildman–Crippen LogP) is 4.85. The minimum Gasteiger partial charge on any atom is -0.382 e. The van der Waals surface area contributed by atoms with Gasteiger partial charge in [0.1, 0.15) is 11.3 Å². The predicted molar refractivity (Wildman–Crippen MR) is 150 cm³/mol. The number of aromatic nitrogens is 4. The average molecular weight is 580 g/mol. The summed E-state index contributed by atoms with van der Waals surface area (Å²) in [6.07, 6.45) is 1.27. The Hall–Kier alpha value is -3.68. The van der Waals surface area contributed by atoms with Gasteiger partial charge in [-0.1, -0.05) is 17.7 Å². The van der Waals surface area contributed by atoms with Gasteiger partial charge in [0.25, 0.3) is 0 Å². The van der Waals surface area contributed by atoms with Crippen molar-refractivity contribution < 1.29 is 21.9 Å². The number of hydrogen-bond donors (Lipinski definition) is 3. The molecule has 0 fully saturated rings. The van der Waals surface area contributed by atoms with Gasteiger partial charge in [-0.2, -0.15) is 0 Å². The van der Waals surface area contributed by atoms with Crippen LogP contribution in [0.15, 0.2) is 42.6 Å². The second-order valence-corrected chi connectivity index (χ2v) is 10.2. The van der Waals surface area contributed by atoms with Gasteiger partial charge < -0.3 is 16.2 Å². The normalized spacial score (nSPS) is 11.2. The number of halogens is 3. The first-order valence-corrected chi connectivity index (χ1v) is 13.9. The molecule has 0 radical (unpaired) electrons. The Bertz CT molecular complexity index is 1560. The number of pyridine rings is 2. The summed E-state index contributed by atoms with van der Waals surface area (Å²) in [5.74, 6) is -0.841. The Kier molecular flexibility index (Phi) is 10.3. The van der Waals surface area contributed by atoms with Crippen LogP contribution in [0, 0.1) is 5.82 Å². The molecule has 1 aromatic carbocycles. The van der Waals surface area contributed by atoms with Crippen LogP contribution in [0.25, 0.3) is 33.7 Å². The van der Waals surface area contributed by atoms with E-state index in [1.54, 1.807) is 12.1 Å². The molecular weight excluding hydrogens is 552 g/mol. The van der Waals surface area contributed by atoms with Gasteiger partial charge in [0.15, 0.2) is 17.5 Å². The molecule has 14 heteroatoms. The van der Waals surface area contributed by atoms with E-state index in [1.807, 2.05) is 13.8 Å². The van der Waals surface area contributed by atoms with Crippen LogP contribution in [0.2, 0.25) is 5.02 Å². The smallest absolute Gasteiger partial charge is 0.232 e. The van der Waals surface area contributed by atoms with Gasteiger partial charge in [-0.05, 0) is 50.6 Å². The summed E-state index contributed by atoms with van der Waals surface area (Å²) in [4.78, 5) is 17.0. The van der Waals surface area contributed by atoms with E-state index in [1.165, 1.54) is 30.5 Å². The quantitative estimate of drug-likeness (QED) is 0.252. The zero-order chi connectivity index (χ0) is 28.6. The monoisotopic (exact) mass is 579 g/mol. The molecule has 39 heavy (non-hydrogen) atoms. The Balaban J connectivity index is 0.000000771. The lowest BCUT2D eigenvalue weighted by Crippen LogP contribution is -2.18. The summed E-state index contributed by atoms with van der Waals surface area (Å²) < 4.78 is 58.6. The van der Waals surface area contributed by atoms with Crippen molar-refractivity contribution in [1.29, 1.82) is 0 Å². The van der Waals surface area contributed by atoms with Crippen LogP contribution >= 0.6 is 11.6 Å². The standard InChI is InChI=1S/C21H18ClF2N7O2S.C4H10O/c22-13-9-11(10-27-19(13)25)21-29-16-6-5-14(28-18(16)20(26)30-21)12-3-1-4-15(17(12)24)31-34(32,33)8-2-7-23;1-3-5-4-2/h1,3-6,9-10,31H,2,7-8H2,(H2,25,27)(H2,26,29,30);3-4H2,1-2H3. The number of alkyl halides is 1. The van der Waals surface area contributed by atoms with Crippen LogP contribution in [0.5, 0.6) is 0 Å². The van der Waals surface area contributed by atoms with E-state index in [2.05, 4.69) is 24.7 Å². The lowest BCUT2D eigenvalue weighted by Gasteiger charge is -2.12. The lowest BCUT2D eigenvalue weighted by atomic mass is 10.1. The van der Waals surface area contributed by atoms with Crippen molar-refractivity contribution in [2.45, 2.75) is 20.3 Å². The summed E-state index contributed by atoms with van der Waals surface area (Å²) in [6, 6.07) is 8.84. The van der Waals surface area contributed by atoms with Crippen molar-refractivity contribution in [3.05, 3.63) is 53.4 Å². The fourth-order valence-electron chi connectivity index (χ4n) is 3.36. The molecule has 4 rings (SSSR count). The fraction of sp³-hybridized carbons (Fsp3) is 0.280. The second kappa shape index (κ2) is 13.4. The summed E-state index contributed by atoms with van der Waals surface area (Å²) in [5, 5.41) is 0.240. The van der Waals surface area contributed by atoms with Crippen LogP contribution < -0.4 is 16.2 Å². The first-order chi connectivity index (χ1) is 18.6. The van der Waals surface area contributed by atoms with Gasteiger partial charge in [0.05, 0.1) is 34.3 Å². The van der Waals surface area contributed by atoms with Gasteiger partial charge in [-0.15, -0.1) is 0 Å². The summed E-state index contributed by atoms with van der Waals surface area (Å²) in [7, 11) is -3.91. The third-order valence-corrected chi connectivity index (χ3v) is 6.85. The molecule has 0 aliphatic carbocycles. The molecule has 0 amide bonds. The summed E-state index contributed by atoms with van der Waals surface area (Å²) in [5.41, 5.74) is 12.8. The summed E-state index contributed by atoms with van der Waals surface area (Å²) >= 11 is 6.02. The van der Waals surface area contributed by atoms with Gasteiger partial charge in [0, 0.05) is 30.5 Å². The van der Waals surface area contributed by atoms with Crippen LogP contribution in [-0.2, 0) is 14.8 Å². The van der Waals surface area contributed by atoms with Gasteiger partial charge >= 0.3 is 0 Å². The molecule has 0 spiro atoms. The molecule has 0 aliphatic heterocycles. The first-order valence-electron chi connectivity index (χ1n) is 11.9. The topological polar surface area (TPSA) is 159 Å². The summed E-state index contributed by atoms with van der Waals surface area (Å²) in [6.45, 7) is 4.87. The highest BCUT2D eigenvalue weighted by Gasteiger charge is 2.18. The maximum Gasteiger partial charge on any atom is 0.232 e. The minimum absolute atomic E-state index is 0.0329. The van der Waals surface area contributed by atoms with Crippen molar-refractivity contribution in [2.75, 3.05) is 41.8 Å². The highest BCUT2D eigenvalue weighted by atomic mass is 35.5.